The predicted octanol–water partition coefficient (Wildman–Crippen LogP) is 3.12. The first kappa shape index (κ1) is 13.3. The molecule has 100 valence electrons. The van der Waals surface area contributed by atoms with Gasteiger partial charge in [0.05, 0.1) is 17.6 Å². The van der Waals surface area contributed by atoms with Gasteiger partial charge in [0.15, 0.2) is 0 Å². The summed E-state index contributed by atoms with van der Waals surface area (Å²) in [5.41, 5.74) is 8.56. The van der Waals surface area contributed by atoms with Crippen molar-refractivity contribution >= 4 is 5.69 Å². The van der Waals surface area contributed by atoms with Crippen molar-refractivity contribution in [3.63, 3.8) is 0 Å². The number of aromatic nitrogens is 1. The Balaban J connectivity index is 2.01. The predicted molar refractivity (Wildman–Crippen MR) is 76.7 cm³/mol. The van der Waals surface area contributed by atoms with E-state index in [2.05, 4.69) is 29.8 Å². The third kappa shape index (κ3) is 2.83. The first-order valence-corrected chi connectivity index (χ1v) is 7.00. The molecule has 1 aliphatic rings. The molecule has 1 aromatic rings. The number of rotatable bonds is 3. The number of hydrogen-bond donors (Lipinski definition) is 1. The molecule has 0 amide bonds. The van der Waals surface area contributed by atoms with Gasteiger partial charge in [-0.25, -0.2) is 0 Å². The van der Waals surface area contributed by atoms with Crippen LogP contribution in [0.3, 0.4) is 0 Å². The zero-order valence-corrected chi connectivity index (χ0v) is 11.8. The highest BCUT2D eigenvalue weighted by atomic mass is 15.1. The van der Waals surface area contributed by atoms with E-state index in [9.17, 15) is 0 Å². The number of nitrogens with two attached hydrogens (primary N) is 1. The maximum atomic E-state index is 5.82. The van der Waals surface area contributed by atoms with Gasteiger partial charge in [0.2, 0.25) is 0 Å². The van der Waals surface area contributed by atoms with E-state index in [-0.39, 0.29) is 6.04 Å². The number of hydrogen-bond acceptors (Lipinski definition) is 3. The smallest absolute Gasteiger partial charge is 0.0569 e. The number of piperidine rings is 1. The largest absolute Gasteiger partial charge is 0.370 e. The highest BCUT2D eigenvalue weighted by Crippen LogP contribution is 2.35. The molecule has 1 aromatic heterocycles. The van der Waals surface area contributed by atoms with Crippen molar-refractivity contribution in [3.05, 3.63) is 24.0 Å². The van der Waals surface area contributed by atoms with Crippen molar-refractivity contribution < 1.29 is 0 Å². The summed E-state index contributed by atoms with van der Waals surface area (Å²) in [4.78, 5) is 6.88. The van der Waals surface area contributed by atoms with Crippen molar-refractivity contribution in [2.24, 2.45) is 11.1 Å². The lowest BCUT2D eigenvalue weighted by atomic mass is 9.78. The molecule has 0 aromatic carbocycles. The maximum absolute atomic E-state index is 5.82. The Bertz CT molecular complexity index is 375. The third-order valence-corrected chi connectivity index (χ3v) is 4.43. The van der Waals surface area contributed by atoms with Gasteiger partial charge in [0.1, 0.15) is 0 Å². The van der Waals surface area contributed by atoms with Crippen molar-refractivity contribution in [3.8, 4) is 0 Å². The van der Waals surface area contributed by atoms with Crippen LogP contribution in [0.4, 0.5) is 5.69 Å². The second-order valence-corrected chi connectivity index (χ2v) is 5.88. The molecule has 0 saturated carbocycles. The van der Waals surface area contributed by atoms with Crippen LogP contribution in [0.1, 0.15) is 51.8 Å². The molecular weight excluding hydrogens is 222 g/mol. The van der Waals surface area contributed by atoms with Crippen LogP contribution in [0, 0.1) is 5.41 Å². The van der Waals surface area contributed by atoms with E-state index in [1.165, 1.54) is 24.9 Å². The topological polar surface area (TPSA) is 42.1 Å². The lowest BCUT2D eigenvalue weighted by Crippen LogP contribution is -2.38. The van der Waals surface area contributed by atoms with Gasteiger partial charge in [-0.15, -0.1) is 0 Å². The molecule has 0 radical (unpaired) electrons. The molecule has 18 heavy (non-hydrogen) atoms. The van der Waals surface area contributed by atoms with Crippen LogP contribution < -0.4 is 10.6 Å². The SMILES string of the molecule is CCC1(C)CCN(c2ccc(C(C)N)nc2)CC1. The Morgan fingerprint density at radius 3 is 2.50 bits per heavy atom. The van der Waals surface area contributed by atoms with E-state index < -0.39 is 0 Å². The highest BCUT2D eigenvalue weighted by Gasteiger charge is 2.28. The molecule has 3 heteroatoms. The van der Waals surface area contributed by atoms with E-state index in [0.29, 0.717) is 5.41 Å². The van der Waals surface area contributed by atoms with Gasteiger partial charge < -0.3 is 10.6 Å². The minimum atomic E-state index is 0.0174. The van der Waals surface area contributed by atoms with Gasteiger partial charge in [-0.1, -0.05) is 20.3 Å². The summed E-state index contributed by atoms with van der Waals surface area (Å²) in [5, 5.41) is 0. The Labute approximate surface area is 110 Å². The van der Waals surface area contributed by atoms with E-state index in [1.54, 1.807) is 0 Å². The molecule has 3 nitrogen and oxygen atoms in total. The van der Waals surface area contributed by atoms with Gasteiger partial charge in [-0.05, 0) is 37.3 Å². The summed E-state index contributed by atoms with van der Waals surface area (Å²) in [7, 11) is 0. The fourth-order valence-electron chi connectivity index (χ4n) is 2.51. The molecule has 0 spiro atoms. The van der Waals surface area contributed by atoms with Crippen LogP contribution in [0.2, 0.25) is 0 Å². The van der Waals surface area contributed by atoms with Crippen LogP contribution >= 0.6 is 0 Å². The summed E-state index contributed by atoms with van der Waals surface area (Å²) in [5.74, 6) is 0. The lowest BCUT2D eigenvalue weighted by Gasteiger charge is -2.40. The summed E-state index contributed by atoms with van der Waals surface area (Å²) in [6.45, 7) is 8.96. The first-order valence-electron chi connectivity index (χ1n) is 7.00. The van der Waals surface area contributed by atoms with Crippen LogP contribution in [0.15, 0.2) is 18.3 Å². The average Bonchev–Trinajstić information content (AvgIpc) is 2.40. The van der Waals surface area contributed by atoms with Crippen molar-refractivity contribution in [2.75, 3.05) is 18.0 Å². The monoisotopic (exact) mass is 247 g/mol. The van der Waals surface area contributed by atoms with E-state index in [1.807, 2.05) is 19.2 Å². The van der Waals surface area contributed by atoms with Gasteiger partial charge >= 0.3 is 0 Å². The Morgan fingerprint density at radius 2 is 2.06 bits per heavy atom. The molecule has 2 N–H and O–H groups in total. The Kier molecular flexibility index (Phi) is 3.91. The van der Waals surface area contributed by atoms with E-state index in [4.69, 9.17) is 5.73 Å². The van der Waals surface area contributed by atoms with Gasteiger partial charge in [0.25, 0.3) is 0 Å². The standard InChI is InChI=1S/C15H25N3/c1-4-15(3)7-9-18(10-8-15)13-5-6-14(12(2)16)17-11-13/h5-6,11-12H,4,7-10,16H2,1-3H3. The molecule has 0 bridgehead atoms. The number of pyridine rings is 1. The average molecular weight is 247 g/mol. The van der Waals surface area contributed by atoms with E-state index in [0.717, 1.165) is 18.8 Å². The van der Waals surface area contributed by atoms with Crippen molar-refractivity contribution in [2.45, 2.75) is 46.1 Å². The maximum Gasteiger partial charge on any atom is 0.0569 e. The zero-order chi connectivity index (χ0) is 13.2. The quantitative estimate of drug-likeness (QED) is 0.892. The fourth-order valence-corrected chi connectivity index (χ4v) is 2.51. The molecule has 1 saturated heterocycles. The summed E-state index contributed by atoms with van der Waals surface area (Å²) in [6.07, 6.45) is 5.80. The molecular formula is C15H25N3. The summed E-state index contributed by atoms with van der Waals surface area (Å²) in [6, 6.07) is 4.22. The minimum absolute atomic E-state index is 0.0174. The lowest BCUT2D eigenvalue weighted by molar-refractivity contribution is 0.238. The van der Waals surface area contributed by atoms with Crippen LogP contribution in [-0.4, -0.2) is 18.1 Å². The van der Waals surface area contributed by atoms with Gasteiger partial charge in [0, 0.05) is 19.1 Å². The summed E-state index contributed by atoms with van der Waals surface area (Å²) >= 11 is 0. The zero-order valence-electron chi connectivity index (χ0n) is 11.8. The van der Waals surface area contributed by atoms with Crippen molar-refractivity contribution in [1.29, 1.82) is 0 Å². The molecule has 2 heterocycles. The molecule has 1 fully saturated rings. The summed E-state index contributed by atoms with van der Waals surface area (Å²) < 4.78 is 0. The Hall–Kier alpha value is -1.09. The highest BCUT2D eigenvalue weighted by molar-refractivity contribution is 5.45. The fraction of sp³-hybridized carbons (Fsp3) is 0.667. The molecule has 0 aliphatic carbocycles. The number of nitrogens with zero attached hydrogens (tertiary/aromatic N) is 2. The van der Waals surface area contributed by atoms with Crippen molar-refractivity contribution in [1.82, 2.24) is 4.98 Å². The second kappa shape index (κ2) is 5.27. The molecule has 2 rings (SSSR count). The minimum Gasteiger partial charge on any atom is -0.370 e. The van der Waals surface area contributed by atoms with Gasteiger partial charge in [-0.3, -0.25) is 4.98 Å². The van der Waals surface area contributed by atoms with Crippen LogP contribution in [0.5, 0.6) is 0 Å². The molecule has 1 atom stereocenters. The molecule has 1 aliphatic heterocycles. The van der Waals surface area contributed by atoms with Crippen LogP contribution in [-0.2, 0) is 0 Å². The van der Waals surface area contributed by atoms with E-state index >= 15 is 0 Å². The second-order valence-electron chi connectivity index (χ2n) is 5.88. The molecule has 1 unspecified atom stereocenters. The van der Waals surface area contributed by atoms with Crippen LogP contribution in [0.25, 0.3) is 0 Å². The third-order valence-electron chi connectivity index (χ3n) is 4.43. The first-order chi connectivity index (χ1) is 8.54. The number of anilines is 1. The van der Waals surface area contributed by atoms with Gasteiger partial charge in [-0.2, -0.15) is 0 Å². The Morgan fingerprint density at radius 1 is 1.39 bits per heavy atom. The normalized spacial score (nSPS) is 20.8.